The summed E-state index contributed by atoms with van der Waals surface area (Å²) in [5.41, 5.74) is 2.21. The van der Waals surface area contributed by atoms with Crippen molar-refractivity contribution in [3.63, 3.8) is 0 Å². The number of hydrogen-bond acceptors (Lipinski definition) is 1. The summed E-state index contributed by atoms with van der Waals surface area (Å²) in [5.74, 6) is 0.305. The zero-order valence-corrected chi connectivity index (χ0v) is 11.3. The fourth-order valence-corrected chi connectivity index (χ4v) is 1.50. The molecular formula is C16H22O. The highest BCUT2D eigenvalue weighted by atomic mass is 16.1. The van der Waals surface area contributed by atoms with Crippen molar-refractivity contribution in [2.45, 2.75) is 40.5 Å². The van der Waals surface area contributed by atoms with E-state index in [1.54, 1.807) is 0 Å². The van der Waals surface area contributed by atoms with Crippen LogP contribution in [0.15, 0.2) is 42.0 Å². The van der Waals surface area contributed by atoms with Crippen molar-refractivity contribution in [3.05, 3.63) is 47.5 Å². The molecule has 0 aromatic heterocycles. The van der Waals surface area contributed by atoms with Crippen molar-refractivity contribution in [1.82, 2.24) is 0 Å². The van der Waals surface area contributed by atoms with Crippen LogP contribution in [0.3, 0.4) is 0 Å². The van der Waals surface area contributed by atoms with Crippen LogP contribution in [0.5, 0.6) is 0 Å². The third-order valence-electron chi connectivity index (χ3n) is 2.80. The summed E-state index contributed by atoms with van der Waals surface area (Å²) in [5, 5.41) is 0. The Hall–Kier alpha value is -1.37. The van der Waals surface area contributed by atoms with E-state index in [1.165, 1.54) is 5.56 Å². The number of carbonyl (C=O) groups excluding carboxylic acids is 1. The number of Topliss-reactive ketones (excluding diaryl/α,β-unsaturated/α-hetero) is 1. The van der Waals surface area contributed by atoms with Gasteiger partial charge in [-0.15, -0.1) is 0 Å². The second kappa shape index (κ2) is 5.81. The van der Waals surface area contributed by atoms with Gasteiger partial charge in [-0.3, -0.25) is 4.79 Å². The van der Waals surface area contributed by atoms with Crippen molar-refractivity contribution >= 4 is 5.78 Å². The van der Waals surface area contributed by atoms with E-state index in [9.17, 15) is 4.79 Å². The molecule has 0 spiro atoms. The van der Waals surface area contributed by atoms with Crippen molar-refractivity contribution in [1.29, 1.82) is 0 Å². The third-order valence-corrected chi connectivity index (χ3v) is 2.80. The molecule has 0 heterocycles. The lowest BCUT2D eigenvalue weighted by atomic mass is 9.87. The molecular weight excluding hydrogens is 208 g/mol. The zero-order chi connectivity index (χ0) is 12.9. The average molecular weight is 230 g/mol. The lowest BCUT2D eigenvalue weighted by molar-refractivity contribution is -0.125. The Labute approximate surface area is 105 Å². The van der Waals surface area contributed by atoms with Gasteiger partial charge in [0.15, 0.2) is 0 Å². The van der Waals surface area contributed by atoms with E-state index in [-0.39, 0.29) is 5.41 Å². The van der Waals surface area contributed by atoms with E-state index in [0.29, 0.717) is 12.2 Å². The summed E-state index contributed by atoms with van der Waals surface area (Å²) >= 11 is 0. The summed E-state index contributed by atoms with van der Waals surface area (Å²) in [4.78, 5) is 11.8. The Kier molecular flexibility index (Phi) is 4.68. The molecule has 0 aliphatic carbocycles. The molecule has 1 heteroatoms. The summed E-state index contributed by atoms with van der Waals surface area (Å²) in [6.45, 7) is 7.95. The van der Waals surface area contributed by atoms with Gasteiger partial charge in [0.25, 0.3) is 0 Å². The Morgan fingerprint density at radius 2 is 1.76 bits per heavy atom. The second-order valence-corrected chi connectivity index (χ2v) is 5.59. The van der Waals surface area contributed by atoms with E-state index in [0.717, 1.165) is 12.0 Å². The van der Waals surface area contributed by atoms with Gasteiger partial charge in [0.2, 0.25) is 0 Å². The molecule has 0 aliphatic heterocycles. The van der Waals surface area contributed by atoms with Crippen LogP contribution in [0, 0.1) is 5.41 Å². The first-order chi connectivity index (χ1) is 7.89. The first-order valence-corrected chi connectivity index (χ1v) is 6.12. The number of hydrogen-bond donors (Lipinski definition) is 0. The molecule has 0 radical (unpaired) electrons. The van der Waals surface area contributed by atoms with Crippen LogP contribution in [-0.2, 0) is 11.2 Å². The van der Waals surface area contributed by atoms with Crippen LogP contribution in [-0.4, -0.2) is 5.78 Å². The van der Waals surface area contributed by atoms with Crippen molar-refractivity contribution in [2.75, 3.05) is 0 Å². The van der Waals surface area contributed by atoms with Crippen LogP contribution in [0.4, 0.5) is 0 Å². The number of carbonyl (C=O) groups is 1. The maximum Gasteiger partial charge on any atom is 0.142 e. The van der Waals surface area contributed by atoms with E-state index in [1.807, 2.05) is 45.9 Å². The molecule has 0 saturated heterocycles. The van der Waals surface area contributed by atoms with Gasteiger partial charge in [0, 0.05) is 11.8 Å². The topological polar surface area (TPSA) is 17.1 Å². The lowest BCUT2D eigenvalue weighted by Crippen LogP contribution is -2.19. The normalized spacial score (nSPS) is 12.6. The minimum Gasteiger partial charge on any atom is -0.299 e. The van der Waals surface area contributed by atoms with Gasteiger partial charge in [0.1, 0.15) is 5.78 Å². The van der Waals surface area contributed by atoms with Crippen LogP contribution >= 0.6 is 0 Å². The SMILES string of the molecule is C/C(=C\Cc1ccccc1)CC(=O)C(C)(C)C. The first-order valence-electron chi connectivity index (χ1n) is 6.12. The van der Waals surface area contributed by atoms with E-state index in [4.69, 9.17) is 0 Å². The van der Waals surface area contributed by atoms with Crippen LogP contribution in [0.25, 0.3) is 0 Å². The van der Waals surface area contributed by atoms with Crippen molar-refractivity contribution in [2.24, 2.45) is 5.41 Å². The highest BCUT2D eigenvalue weighted by molar-refractivity contribution is 5.85. The predicted molar refractivity (Wildman–Crippen MR) is 73.0 cm³/mol. The number of ketones is 1. The predicted octanol–water partition coefficient (Wildman–Crippen LogP) is 4.18. The van der Waals surface area contributed by atoms with E-state index < -0.39 is 0 Å². The lowest BCUT2D eigenvalue weighted by Gasteiger charge is -2.16. The van der Waals surface area contributed by atoms with Gasteiger partial charge in [-0.05, 0) is 18.9 Å². The Balaban J connectivity index is 2.54. The first kappa shape index (κ1) is 13.7. The molecule has 0 bridgehead atoms. The third kappa shape index (κ3) is 4.99. The molecule has 0 atom stereocenters. The number of rotatable bonds is 4. The molecule has 0 fully saturated rings. The minimum atomic E-state index is -0.234. The Morgan fingerprint density at radius 1 is 1.18 bits per heavy atom. The highest BCUT2D eigenvalue weighted by Crippen LogP contribution is 2.19. The number of allylic oxidation sites excluding steroid dienone is 2. The summed E-state index contributed by atoms with van der Waals surface area (Å²) in [7, 11) is 0. The molecule has 1 aromatic rings. The average Bonchev–Trinajstić information content (AvgIpc) is 2.26. The molecule has 92 valence electrons. The maximum atomic E-state index is 11.8. The largest absolute Gasteiger partial charge is 0.299 e. The monoisotopic (exact) mass is 230 g/mol. The molecule has 0 unspecified atom stereocenters. The fraction of sp³-hybridized carbons (Fsp3) is 0.438. The molecule has 17 heavy (non-hydrogen) atoms. The van der Waals surface area contributed by atoms with Gasteiger partial charge in [-0.1, -0.05) is 62.8 Å². The van der Waals surface area contributed by atoms with Gasteiger partial charge >= 0.3 is 0 Å². The molecule has 1 nitrogen and oxygen atoms in total. The molecule has 0 N–H and O–H groups in total. The second-order valence-electron chi connectivity index (χ2n) is 5.59. The van der Waals surface area contributed by atoms with Crippen molar-refractivity contribution in [3.8, 4) is 0 Å². The molecule has 1 rings (SSSR count). The molecule has 1 aromatic carbocycles. The summed E-state index contributed by atoms with van der Waals surface area (Å²) in [6.07, 6.45) is 3.62. The van der Waals surface area contributed by atoms with Crippen LogP contribution in [0.2, 0.25) is 0 Å². The Morgan fingerprint density at radius 3 is 2.29 bits per heavy atom. The standard InChI is InChI=1S/C16H22O/c1-13(12-15(17)16(2,3)4)10-11-14-8-6-5-7-9-14/h5-10H,11-12H2,1-4H3/b13-10+. The summed E-state index contributed by atoms with van der Waals surface area (Å²) in [6, 6.07) is 10.3. The minimum absolute atomic E-state index is 0.234. The van der Waals surface area contributed by atoms with Gasteiger partial charge in [0.05, 0.1) is 0 Å². The van der Waals surface area contributed by atoms with Crippen molar-refractivity contribution < 1.29 is 4.79 Å². The van der Waals surface area contributed by atoms with Gasteiger partial charge < -0.3 is 0 Å². The van der Waals surface area contributed by atoms with E-state index >= 15 is 0 Å². The number of benzene rings is 1. The van der Waals surface area contributed by atoms with E-state index in [2.05, 4.69) is 18.2 Å². The smallest absolute Gasteiger partial charge is 0.142 e. The summed E-state index contributed by atoms with van der Waals surface area (Å²) < 4.78 is 0. The van der Waals surface area contributed by atoms with Gasteiger partial charge in [-0.25, -0.2) is 0 Å². The van der Waals surface area contributed by atoms with Gasteiger partial charge in [-0.2, -0.15) is 0 Å². The van der Waals surface area contributed by atoms with Crippen LogP contribution in [0.1, 0.15) is 39.7 Å². The maximum absolute atomic E-state index is 11.8. The Bertz CT molecular complexity index is 393. The highest BCUT2D eigenvalue weighted by Gasteiger charge is 2.20. The molecule has 0 amide bonds. The molecule has 0 saturated carbocycles. The fourth-order valence-electron chi connectivity index (χ4n) is 1.50. The zero-order valence-electron chi connectivity index (χ0n) is 11.3. The molecule has 0 aliphatic rings. The van der Waals surface area contributed by atoms with Crippen LogP contribution < -0.4 is 0 Å². The quantitative estimate of drug-likeness (QED) is 0.709.